The normalized spacial score (nSPS) is 16.6. The Balaban J connectivity index is 1.71. The molecule has 1 aliphatic heterocycles. The molecule has 1 atom stereocenters. The summed E-state index contributed by atoms with van der Waals surface area (Å²) in [7, 11) is 1.64. The van der Waals surface area contributed by atoms with E-state index >= 15 is 0 Å². The fourth-order valence-electron chi connectivity index (χ4n) is 4.39. The molecule has 1 fully saturated rings. The number of hydrogen-bond acceptors (Lipinski definition) is 5. The lowest BCUT2D eigenvalue weighted by Crippen LogP contribution is -2.55. The van der Waals surface area contributed by atoms with Gasteiger partial charge in [0.25, 0.3) is 5.91 Å². The van der Waals surface area contributed by atoms with Crippen molar-refractivity contribution in [3.63, 3.8) is 0 Å². The number of amides is 1. The first-order valence-electron chi connectivity index (χ1n) is 10.8. The van der Waals surface area contributed by atoms with Crippen LogP contribution in [0.2, 0.25) is 0 Å². The van der Waals surface area contributed by atoms with Crippen LogP contribution < -0.4 is 15.2 Å². The van der Waals surface area contributed by atoms with E-state index in [4.69, 9.17) is 4.74 Å². The molecular weight excluding hydrogens is 406 g/mol. The maximum atomic E-state index is 13.3. The predicted molar refractivity (Wildman–Crippen MR) is 120 cm³/mol. The number of pyridine rings is 1. The Kier molecular flexibility index (Phi) is 5.09. The summed E-state index contributed by atoms with van der Waals surface area (Å²) in [4.78, 5) is 27.2. The highest BCUT2D eigenvalue weighted by Crippen LogP contribution is 2.37. The molecule has 7 nitrogen and oxygen atoms in total. The van der Waals surface area contributed by atoms with Crippen LogP contribution in [0.4, 0.5) is 0 Å². The first-order valence-corrected chi connectivity index (χ1v) is 10.8. The third-order valence-electron chi connectivity index (χ3n) is 6.16. The average molecular weight is 431 g/mol. The van der Waals surface area contributed by atoms with E-state index in [1.165, 1.54) is 6.07 Å². The van der Waals surface area contributed by atoms with Gasteiger partial charge in [0.15, 0.2) is 11.4 Å². The number of aromatic hydroxyl groups is 1. The van der Waals surface area contributed by atoms with E-state index in [2.05, 4.69) is 0 Å². The summed E-state index contributed by atoms with van der Waals surface area (Å²) < 4.78 is 7.29. The highest BCUT2D eigenvalue weighted by atomic mass is 16.5. The van der Waals surface area contributed by atoms with Gasteiger partial charge in [0, 0.05) is 24.4 Å². The standard InChI is InChI=1S/C25H25N3O4/c1-32-21-10-6-5-9-19(21)22(18-7-3-2-4-8-18)28-16-26(15-17-11-12-17)25(31)23-24(30)20(29)13-14-27(23)28/h2-10,13-14,17,22,30H,11-12,15-16H2,1H3. The summed E-state index contributed by atoms with van der Waals surface area (Å²) in [6.45, 7) is 0.924. The molecule has 1 N–H and O–H groups in total. The number of hydrogen-bond donors (Lipinski definition) is 1. The molecule has 1 aliphatic carbocycles. The molecule has 2 heterocycles. The monoisotopic (exact) mass is 431 g/mol. The Morgan fingerprint density at radius 3 is 2.47 bits per heavy atom. The van der Waals surface area contributed by atoms with Crippen molar-refractivity contribution in [2.75, 3.05) is 25.3 Å². The topological polar surface area (TPSA) is 75.0 Å². The van der Waals surface area contributed by atoms with Gasteiger partial charge in [-0.15, -0.1) is 0 Å². The Morgan fingerprint density at radius 2 is 1.75 bits per heavy atom. The highest BCUT2D eigenvalue weighted by Gasteiger charge is 2.39. The van der Waals surface area contributed by atoms with Crippen molar-refractivity contribution < 1.29 is 14.6 Å². The minimum Gasteiger partial charge on any atom is -0.502 e. The van der Waals surface area contributed by atoms with E-state index in [0.29, 0.717) is 19.1 Å². The zero-order chi connectivity index (χ0) is 22.2. The highest BCUT2D eigenvalue weighted by molar-refractivity contribution is 5.96. The van der Waals surface area contributed by atoms with Crippen LogP contribution >= 0.6 is 0 Å². The summed E-state index contributed by atoms with van der Waals surface area (Å²) in [5.41, 5.74) is 1.36. The number of para-hydroxylation sites is 1. The first-order chi connectivity index (χ1) is 15.6. The van der Waals surface area contributed by atoms with E-state index in [9.17, 15) is 14.7 Å². The molecule has 164 valence electrons. The first kappa shape index (κ1) is 20.2. The summed E-state index contributed by atoms with van der Waals surface area (Å²) >= 11 is 0. The lowest BCUT2D eigenvalue weighted by Gasteiger charge is -2.44. The van der Waals surface area contributed by atoms with Crippen LogP contribution in [-0.2, 0) is 0 Å². The SMILES string of the molecule is COc1ccccc1C(c1ccccc1)N1CN(CC2CC2)C(=O)c2c(O)c(=O)ccn21. The molecule has 0 bridgehead atoms. The van der Waals surface area contributed by atoms with Gasteiger partial charge in [-0.3, -0.25) is 19.3 Å². The van der Waals surface area contributed by atoms with Gasteiger partial charge in [-0.2, -0.15) is 0 Å². The predicted octanol–water partition coefficient (Wildman–Crippen LogP) is 3.11. The fourth-order valence-corrected chi connectivity index (χ4v) is 4.39. The number of aromatic nitrogens is 1. The van der Waals surface area contributed by atoms with Gasteiger partial charge in [-0.25, -0.2) is 0 Å². The zero-order valence-electron chi connectivity index (χ0n) is 17.8. The summed E-state index contributed by atoms with van der Waals surface area (Å²) in [5.74, 6) is 0.343. The molecule has 5 rings (SSSR count). The van der Waals surface area contributed by atoms with E-state index in [-0.39, 0.29) is 17.6 Å². The van der Waals surface area contributed by atoms with Gasteiger partial charge >= 0.3 is 0 Å². The molecule has 2 aliphatic rings. The van der Waals surface area contributed by atoms with Crippen molar-refractivity contribution in [1.29, 1.82) is 0 Å². The number of rotatable bonds is 6. The van der Waals surface area contributed by atoms with Crippen LogP contribution in [-0.4, -0.2) is 40.9 Å². The van der Waals surface area contributed by atoms with E-state index < -0.39 is 11.2 Å². The van der Waals surface area contributed by atoms with Gasteiger partial charge in [-0.1, -0.05) is 48.5 Å². The van der Waals surface area contributed by atoms with Crippen molar-refractivity contribution in [2.24, 2.45) is 5.92 Å². The Morgan fingerprint density at radius 1 is 1.03 bits per heavy atom. The number of carbonyl (C=O) groups is 1. The maximum absolute atomic E-state index is 13.3. The molecule has 1 saturated carbocycles. The Labute approximate surface area is 186 Å². The molecule has 1 unspecified atom stereocenters. The summed E-state index contributed by atoms with van der Waals surface area (Å²) in [6.07, 6.45) is 3.74. The van der Waals surface area contributed by atoms with Crippen molar-refractivity contribution in [3.05, 3.63) is 93.9 Å². The molecule has 1 aromatic heterocycles. The number of ether oxygens (including phenoxy) is 1. The van der Waals surface area contributed by atoms with Crippen LogP contribution in [0.1, 0.15) is 40.5 Å². The molecular formula is C25H25N3O4. The number of benzene rings is 2. The molecule has 0 radical (unpaired) electrons. The van der Waals surface area contributed by atoms with Crippen LogP contribution in [0.3, 0.4) is 0 Å². The number of fused-ring (bicyclic) bond motifs is 1. The number of methoxy groups -OCH3 is 1. The average Bonchev–Trinajstić information content (AvgIpc) is 3.64. The van der Waals surface area contributed by atoms with Gasteiger partial charge < -0.3 is 14.7 Å². The third kappa shape index (κ3) is 3.49. The third-order valence-corrected chi connectivity index (χ3v) is 6.16. The van der Waals surface area contributed by atoms with Gasteiger partial charge in [-0.05, 0) is 30.4 Å². The number of carbonyl (C=O) groups excluding carboxylic acids is 1. The molecule has 3 aromatic rings. The van der Waals surface area contributed by atoms with Crippen LogP contribution in [0.5, 0.6) is 11.5 Å². The van der Waals surface area contributed by atoms with Crippen molar-refractivity contribution in [2.45, 2.75) is 18.9 Å². The van der Waals surface area contributed by atoms with Crippen LogP contribution in [0, 0.1) is 5.92 Å². The second-order valence-electron chi connectivity index (χ2n) is 8.33. The molecule has 32 heavy (non-hydrogen) atoms. The van der Waals surface area contributed by atoms with Crippen molar-refractivity contribution >= 4 is 5.91 Å². The van der Waals surface area contributed by atoms with Crippen molar-refractivity contribution in [3.8, 4) is 11.5 Å². The Hall–Kier alpha value is -3.74. The summed E-state index contributed by atoms with van der Waals surface area (Å²) in [5, 5.41) is 12.6. The Bertz CT molecular complexity index is 1200. The fraction of sp³-hybridized carbons (Fsp3) is 0.280. The molecule has 0 saturated heterocycles. The van der Waals surface area contributed by atoms with Crippen LogP contribution in [0.15, 0.2) is 71.7 Å². The molecule has 2 aromatic carbocycles. The van der Waals surface area contributed by atoms with Gasteiger partial charge in [0.05, 0.1) is 7.11 Å². The van der Waals surface area contributed by atoms with Gasteiger partial charge in [0.2, 0.25) is 5.43 Å². The minimum absolute atomic E-state index is 0.000212. The van der Waals surface area contributed by atoms with E-state index in [0.717, 1.165) is 29.7 Å². The molecule has 0 spiro atoms. The summed E-state index contributed by atoms with van der Waals surface area (Å²) in [6, 6.07) is 18.7. The quantitative estimate of drug-likeness (QED) is 0.649. The lowest BCUT2D eigenvalue weighted by molar-refractivity contribution is 0.0670. The maximum Gasteiger partial charge on any atom is 0.277 e. The van der Waals surface area contributed by atoms with Crippen LogP contribution in [0.25, 0.3) is 0 Å². The van der Waals surface area contributed by atoms with E-state index in [1.54, 1.807) is 22.9 Å². The molecule has 1 amide bonds. The smallest absolute Gasteiger partial charge is 0.277 e. The zero-order valence-corrected chi connectivity index (χ0v) is 17.8. The second-order valence-corrected chi connectivity index (χ2v) is 8.33. The van der Waals surface area contributed by atoms with E-state index in [1.807, 2.05) is 59.6 Å². The molecule has 7 heteroatoms. The second kappa shape index (κ2) is 8.07. The number of nitrogens with zero attached hydrogens (tertiary/aromatic N) is 3. The lowest BCUT2D eigenvalue weighted by atomic mass is 9.97. The minimum atomic E-state index is -0.564. The van der Waals surface area contributed by atoms with Crippen molar-refractivity contribution in [1.82, 2.24) is 9.58 Å². The van der Waals surface area contributed by atoms with Gasteiger partial charge in [0.1, 0.15) is 18.5 Å². The largest absolute Gasteiger partial charge is 0.502 e.